The first-order valence-electron chi connectivity index (χ1n) is 7.68. The number of aliphatic hydroxyl groups excluding tert-OH is 1. The van der Waals surface area contributed by atoms with Crippen LogP contribution in [0.4, 0.5) is 11.8 Å². The van der Waals surface area contributed by atoms with Crippen LogP contribution in [0.25, 0.3) is 10.2 Å². The lowest BCUT2D eigenvalue weighted by molar-refractivity contribution is 0.301. The average Bonchev–Trinajstić information content (AvgIpc) is 3.23. The van der Waals surface area contributed by atoms with E-state index in [4.69, 9.17) is 4.98 Å². The largest absolute Gasteiger partial charge is 0.395 e. The van der Waals surface area contributed by atoms with E-state index >= 15 is 0 Å². The summed E-state index contributed by atoms with van der Waals surface area (Å²) in [5.41, 5.74) is 0. The van der Waals surface area contributed by atoms with Gasteiger partial charge in [-0.15, -0.1) is 11.3 Å². The van der Waals surface area contributed by atoms with Gasteiger partial charge >= 0.3 is 0 Å². The van der Waals surface area contributed by atoms with E-state index in [0.29, 0.717) is 18.5 Å². The highest BCUT2D eigenvalue weighted by atomic mass is 32.1. The molecule has 3 rings (SSSR count). The summed E-state index contributed by atoms with van der Waals surface area (Å²) < 4.78 is 0. The van der Waals surface area contributed by atoms with Crippen LogP contribution in [0.15, 0.2) is 6.07 Å². The summed E-state index contributed by atoms with van der Waals surface area (Å²) in [4.78, 5) is 14.0. The van der Waals surface area contributed by atoms with Crippen molar-refractivity contribution in [2.75, 3.05) is 29.9 Å². The van der Waals surface area contributed by atoms with Gasteiger partial charge in [0.2, 0.25) is 5.95 Å². The molecule has 0 unspecified atom stereocenters. The fourth-order valence-corrected chi connectivity index (χ4v) is 3.50. The van der Waals surface area contributed by atoms with Crippen LogP contribution < -0.4 is 10.2 Å². The highest BCUT2D eigenvalue weighted by molar-refractivity contribution is 7.18. The third-order valence-corrected chi connectivity index (χ3v) is 4.88. The van der Waals surface area contributed by atoms with Crippen molar-refractivity contribution in [3.05, 3.63) is 10.9 Å². The third kappa shape index (κ3) is 2.96. The Balaban J connectivity index is 2.09. The molecule has 2 aromatic rings. The summed E-state index contributed by atoms with van der Waals surface area (Å²) in [6.45, 7) is 5.81. The molecule has 2 N–H and O–H groups in total. The lowest BCUT2D eigenvalue weighted by Crippen LogP contribution is -2.30. The van der Waals surface area contributed by atoms with Crippen LogP contribution in [-0.2, 0) is 6.42 Å². The van der Waals surface area contributed by atoms with Crippen LogP contribution in [0.5, 0.6) is 0 Å². The summed E-state index contributed by atoms with van der Waals surface area (Å²) in [6.07, 6.45) is 3.39. The Labute approximate surface area is 129 Å². The Hall–Kier alpha value is -1.40. The molecule has 6 heteroatoms. The van der Waals surface area contributed by atoms with Gasteiger partial charge in [0.25, 0.3) is 0 Å². The Morgan fingerprint density at radius 2 is 2.19 bits per heavy atom. The van der Waals surface area contributed by atoms with Gasteiger partial charge in [0, 0.05) is 24.0 Å². The second kappa shape index (κ2) is 6.15. The molecule has 0 atom stereocenters. The zero-order chi connectivity index (χ0) is 14.8. The fraction of sp³-hybridized carbons (Fsp3) is 0.600. The molecule has 0 saturated heterocycles. The topological polar surface area (TPSA) is 61.3 Å². The molecule has 0 amide bonds. The van der Waals surface area contributed by atoms with Crippen LogP contribution in [0.3, 0.4) is 0 Å². The number of aromatic nitrogens is 2. The van der Waals surface area contributed by atoms with Gasteiger partial charge in [-0.2, -0.15) is 4.98 Å². The maximum Gasteiger partial charge on any atom is 0.226 e. The minimum atomic E-state index is 0.156. The van der Waals surface area contributed by atoms with Crippen LogP contribution in [0.1, 0.15) is 31.6 Å². The maximum atomic E-state index is 9.37. The lowest BCUT2D eigenvalue weighted by Gasteiger charge is -2.23. The van der Waals surface area contributed by atoms with E-state index in [1.54, 1.807) is 11.3 Å². The Bertz CT molecular complexity index is 623. The SMILES string of the molecule is CCNc1nc(N(CCO)C2CC2)c2cc(CC)sc2n1. The van der Waals surface area contributed by atoms with E-state index < -0.39 is 0 Å². The van der Waals surface area contributed by atoms with Gasteiger partial charge in [0.15, 0.2) is 0 Å². The molecule has 1 aliphatic carbocycles. The number of rotatable bonds is 7. The van der Waals surface area contributed by atoms with Crippen molar-refractivity contribution in [2.45, 2.75) is 39.2 Å². The van der Waals surface area contributed by atoms with Crippen LogP contribution in [-0.4, -0.2) is 40.8 Å². The smallest absolute Gasteiger partial charge is 0.226 e. The molecule has 0 radical (unpaired) electrons. The fourth-order valence-electron chi connectivity index (χ4n) is 2.54. The highest BCUT2D eigenvalue weighted by Crippen LogP contribution is 2.37. The predicted molar refractivity (Wildman–Crippen MR) is 88.4 cm³/mol. The molecule has 0 spiro atoms. The molecule has 21 heavy (non-hydrogen) atoms. The molecule has 1 fully saturated rings. The van der Waals surface area contributed by atoms with Gasteiger partial charge in [0.1, 0.15) is 10.6 Å². The van der Waals surface area contributed by atoms with E-state index in [-0.39, 0.29) is 6.61 Å². The van der Waals surface area contributed by atoms with E-state index in [9.17, 15) is 5.11 Å². The lowest BCUT2D eigenvalue weighted by atomic mass is 10.3. The normalized spacial score (nSPS) is 14.6. The number of aryl methyl sites for hydroxylation is 1. The number of hydrogen-bond acceptors (Lipinski definition) is 6. The van der Waals surface area contributed by atoms with Gasteiger partial charge in [0.05, 0.1) is 12.0 Å². The van der Waals surface area contributed by atoms with Gasteiger partial charge in [-0.25, -0.2) is 4.98 Å². The van der Waals surface area contributed by atoms with Crippen molar-refractivity contribution in [3.63, 3.8) is 0 Å². The minimum absolute atomic E-state index is 0.156. The number of fused-ring (bicyclic) bond motifs is 1. The molecular formula is C15H22N4OS. The number of anilines is 2. The summed E-state index contributed by atoms with van der Waals surface area (Å²) in [7, 11) is 0. The molecular weight excluding hydrogens is 284 g/mol. The van der Waals surface area contributed by atoms with Crippen molar-refractivity contribution >= 4 is 33.3 Å². The first-order valence-corrected chi connectivity index (χ1v) is 8.50. The zero-order valence-electron chi connectivity index (χ0n) is 12.6. The molecule has 2 heterocycles. The average molecular weight is 306 g/mol. The van der Waals surface area contributed by atoms with Gasteiger partial charge in [-0.05, 0) is 32.3 Å². The maximum absolute atomic E-state index is 9.37. The molecule has 0 bridgehead atoms. The molecule has 1 aliphatic rings. The van der Waals surface area contributed by atoms with Crippen LogP contribution in [0.2, 0.25) is 0 Å². The molecule has 2 aromatic heterocycles. The standard InChI is InChI=1S/C15H22N4OS/c1-3-11-9-12-13(19(7-8-20)10-5-6-10)17-15(16-4-2)18-14(12)21-11/h9-10,20H,3-8H2,1-2H3,(H,16,17,18). The van der Waals surface area contributed by atoms with Gasteiger partial charge in [-0.3, -0.25) is 0 Å². The minimum Gasteiger partial charge on any atom is -0.395 e. The van der Waals surface area contributed by atoms with E-state index in [2.05, 4.69) is 28.2 Å². The summed E-state index contributed by atoms with van der Waals surface area (Å²) in [5.74, 6) is 1.66. The predicted octanol–water partition coefficient (Wildman–Crippen LogP) is 2.65. The Morgan fingerprint density at radius 1 is 1.38 bits per heavy atom. The second-order valence-corrected chi connectivity index (χ2v) is 6.45. The van der Waals surface area contributed by atoms with Gasteiger partial charge < -0.3 is 15.3 Å². The molecule has 114 valence electrons. The van der Waals surface area contributed by atoms with Crippen molar-refractivity contribution in [1.29, 1.82) is 0 Å². The van der Waals surface area contributed by atoms with Crippen molar-refractivity contribution in [1.82, 2.24) is 9.97 Å². The van der Waals surface area contributed by atoms with E-state index in [1.165, 1.54) is 17.7 Å². The molecule has 0 aliphatic heterocycles. The second-order valence-electron chi connectivity index (χ2n) is 5.33. The zero-order valence-corrected chi connectivity index (χ0v) is 13.4. The summed E-state index contributed by atoms with van der Waals surface area (Å²) in [5, 5.41) is 13.7. The number of hydrogen-bond donors (Lipinski definition) is 2. The number of nitrogens with zero attached hydrogens (tertiary/aromatic N) is 3. The Kier molecular flexibility index (Phi) is 4.26. The van der Waals surface area contributed by atoms with Crippen molar-refractivity contribution < 1.29 is 5.11 Å². The van der Waals surface area contributed by atoms with Crippen molar-refractivity contribution in [3.8, 4) is 0 Å². The van der Waals surface area contributed by atoms with Crippen LogP contribution >= 0.6 is 11.3 Å². The first kappa shape index (κ1) is 14.5. The van der Waals surface area contributed by atoms with Gasteiger partial charge in [-0.1, -0.05) is 6.92 Å². The van der Waals surface area contributed by atoms with Crippen molar-refractivity contribution in [2.24, 2.45) is 0 Å². The highest BCUT2D eigenvalue weighted by Gasteiger charge is 2.31. The quantitative estimate of drug-likeness (QED) is 0.823. The third-order valence-electron chi connectivity index (χ3n) is 3.71. The molecule has 1 saturated carbocycles. The molecule has 0 aromatic carbocycles. The number of aliphatic hydroxyl groups is 1. The number of nitrogens with one attached hydrogen (secondary N) is 1. The Morgan fingerprint density at radius 3 is 2.81 bits per heavy atom. The van der Waals surface area contributed by atoms with Crippen LogP contribution in [0, 0.1) is 0 Å². The number of thiophene rings is 1. The first-order chi connectivity index (χ1) is 10.3. The van der Waals surface area contributed by atoms with E-state index in [1.807, 2.05) is 6.92 Å². The monoisotopic (exact) mass is 306 g/mol. The summed E-state index contributed by atoms with van der Waals surface area (Å²) in [6, 6.07) is 2.73. The van der Waals surface area contributed by atoms with E-state index in [0.717, 1.165) is 29.0 Å². The molecule has 5 nitrogen and oxygen atoms in total. The summed E-state index contributed by atoms with van der Waals surface area (Å²) >= 11 is 1.74.